The van der Waals surface area contributed by atoms with Gasteiger partial charge in [0.2, 0.25) is 0 Å². The molecule has 2 heterocycles. The summed E-state index contributed by atoms with van der Waals surface area (Å²) in [4.78, 5) is 6.94. The number of rotatable bonds is 6. The molecule has 0 bridgehead atoms. The highest BCUT2D eigenvalue weighted by atomic mass is 16.3. The minimum atomic E-state index is 0.858. The Kier molecular flexibility index (Phi) is 7.14. The molecule has 0 fully saturated rings. The molecule has 0 unspecified atom stereocenters. The maximum absolute atomic E-state index is 6.68. The van der Waals surface area contributed by atoms with Crippen LogP contribution in [0.5, 0.6) is 0 Å². The first-order valence-electron chi connectivity index (χ1n) is 17.6. The summed E-state index contributed by atoms with van der Waals surface area (Å²) >= 11 is 0. The van der Waals surface area contributed by atoms with Gasteiger partial charge in [0.25, 0.3) is 0 Å². The largest absolute Gasteiger partial charge is 0.455 e. The third-order valence-electron chi connectivity index (χ3n) is 10.1. The molecule has 3 nitrogen and oxygen atoms in total. The third kappa shape index (κ3) is 4.94. The molecule has 3 heteroatoms. The number of nitrogens with zero attached hydrogens (tertiary/aromatic N) is 2. The summed E-state index contributed by atoms with van der Waals surface area (Å²) in [6.45, 7) is 0. The van der Waals surface area contributed by atoms with Gasteiger partial charge in [-0.15, -0.1) is 0 Å². The molecule has 10 aromatic rings. The van der Waals surface area contributed by atoms with E-state index in [2.05, 4.69) is 186 Å². The lowest BCUT2D eigenvalue weighted by molar-refractivity contribution is 0.672. The summed E-state index contributed by atoms with van der Waals surface area (Å²) in [7, 11) is 0. The van der Waals surface area contributed by atoms with Crippen LogP contribution in [0.25, 0.3) is 76.9 Å². The minimum Gasteiger partial charge on any atom is -0.455 e. The summed E-state index contributed by atoms with van der Waals surface area (Å²) in [6.07, 6.45) is 3.78. The zero-order chi connectivity index (χ0) is 34.4. The molecule has 0 saturated heterocycles. The first-order valence-corrected chi connectivity index (χ1v) is 17.6. The second-order valence-electron chi connectivity index (χ2n) is 13.1. The molecule has 0 amide bonds. The quantitative estimate of drug-likeness (QED) is 0.177. The van der Waals surface area contributed by atoms with Crippen molar-refractivity contribution < 1.29 is 4.42 Å². The van der Waals surface area contributed by atoms with Crippen LogP contribution in [0.3, 0.4) is 0 Å². The van der Waals surface area contributed by atoms with Crippen molar-refractivity contribution in [2.45, 2.75) is 0 Å². The van der Waals surface area contributed by atoms with Gasteiger partial charge in [-0.2, -0.15) is 0 Å². The first kappa shape index (κ1) is 29.9. The second kappa shape index (κ2) is 12.4. The van der Waals surface area contributed by atoms with E-state index in [-0.39, 0.29) is 0 Å². The molecule has 8 aromatic carbocycles. The molecule has 244 valence electrons. The number of benzene rings is 8. The molecule has 0 aliphatic heterocycles. The zero-order valence-corrected chi connectivity index (χ0v) is 28.3. The number of hydrogen-bond acceptors (Lipinski definition) is 3. The third-order valence-corrected chi connectivity index (χ3v) is 10.1. The molecule has 10 rings (SSSR count). The summed E-state index contributed by atoms with van der Waals surface area (Å²) in [5.41, 5.74) is 11.9. The zero-order valence-electron chi connectivity index (χ0n) is 28.3. The Morgan fingerprint density at radius 2 is 1.04 bits per heavy atom. The fraction of sp³-hybridized carbons (Fsp3) is 0. The van der Waals surface area contributed by atoms with E-state index in [0.29, 0.717) is 0 Å². The van der Waals surface area contributed by atoms with E-state index in [1.54, 1.807) is 0 Å². The number of para-hydroxylation sites is 2. The van der Waals surface area contributed by atoms with Crippen LogP contribution in [0.4, 0.5) is 17.1 Å². The monoisotopic (exact) mass is 664 g/mol. The number of anilines is 3. The van der Waals surface area contributed by atoms with E-state index in [1.165, 1.54) is 27.5 Å². The lowest BCUT2D eigenvalue weighted by Crippen LogP contribution is -2.12. The van der Waals surface area contributed by atoms with E-state index >= 15 is 0 Å². The molecular formula is C49H32N2O. The Hall–Kier alpha value is -6.97. The van der Waals surface area contributed by atoms with Crippen molar-refractivity contribution in [2.24, 2.45) is 0 Å². The van der Waals surface area contributed by atoms with Crippen molar-refractivity contribution >= 4 is 60.5 Å². The van der Waals surface area contributed by atoms with Gasteiger partial charge in [0.05, 0.1) is 16.8 Å². The van der Waals surface area contributed by atoms with Gasteiger partial charge in [0.1, 0.15) is 11.2 Å². The highest BCUT2D eigenvalue weighted by Gasteiger charge is 2.24. The Labute approximate surface area is 301 Å². The molecule has 0 radical (unpaired) electrons. The average molecular weight is 665 g/mol. The van der Waals surface area contributed by atoms with Crippen molar-refractivity contribution in [2.75, 3.05) is 4.90 Å². The Morgan fingerprint density at radius 3 is 1.81 bits per heavy atom. The van der Waals surface area contributed by atoms with Crippen LogP contribution in [-0.2, 0) is 0 Å². The van der Waals surface area contributed by atoms with Crippen LogP contribution in [0.2, 0.25) is 0 Å². The minimum absolute atomic E-state index is 0.858. The Balaban J connectivity index is 1.26. The average Bonchev–Trinajstić information content (AvgIpc) is 3.62. The van der Waals surface area contributed by atoms with Gasteiger partial charge in [-0.25, -0.2) is 0 Å². The number of hydrogen-bond donors (Lipinski definition) is 0. The molecule has 0 aliphatic rings. The fourth-order valence-corrected chi connectivity index (χ4v) is 7.78. The number of aromatic nitrogens is 1. The molecule has 2 aromatic heterocycles. The summed E-state index contributed by atoms with van der Waals surface area (Å²) in [5.74, 6) is 0. The van der Waals surface area contributed by atoms with Gasteiger partial charge in [0, 0.05) is 39.8 Å². The number of furan rings is 1. The highest BCUT2D eigenvalue weighted by molar-refractivity contribution is 6.22. The number of fused-ring (bicyclic) bond motifs is 6. The molecule has 0 saturated carbocycles. The smallest absolute Gasteiger partial charge is 0.145 e. The van der Waals surface area contributed by atoms with Gasteiger partial charge >= 0.3 is 0 Å². The lowest BCUT2D eigenvalue weighted by Gasteiger charge is -2.29. The van der Waals surface area contributed by atoms with Crippen LogP contribution in [0.1, 0.15) is 0 Å². The molecule has 0 N–H and O–H groups in total. The van der Waals surface area contributed by atoms with E-state index in [1.807, 2.05) is 18.5 Å². The van der Waals surface area contributed by atoms with Gasteiger partial charge in [-0.3, -0.25) is 4.98 Å². The van der Waals surface area contributed by atoms with Crippen molar-refractivity contribution in [1.82, 2.24) is 4.98 Å². The van der Waals surface area contributed by atoms with Gasteiger partial charge in [-0.1, -0.05) is 146 Å². The highest BCUT2D eigenvalue weighted by Crippen LogP contribution is 2.48. The maximum atomic E-state index is 6.68. The van der Waals surface area contributed by atoms with E-state index in [9.17, 15) is 0 Å². The maximum Gasteiger partial charge on any atom is 0.145 e. The predicted octanol–water partition coefficient (Wildman–Crippen LogP) is 13.8. The van der Waals surface area contributed by atoms with Crippen LogP contribution >= 0.6 is 0 Å². The fourth-order valence-electron chi connectivity index (χ4n) is 7.78. The first-order chi connectivity index (χ1) is 25.8. The predicted molar refractivity (Wildman–Crippen MR) is 218 cm³/mol. The SMILES string of the molecule is c1ccc(-c2ccccc2N(c2cccc(-c3ccc(-c4ccccc4)c4ccccc34)c2)c2cc3cnccc3c3oc4ccccc4c23)cc1. The molecule has 0 aliphatic carbocycles. The summed E-state index contributed by atoms with van der Waals surface area (Å²) in [6, 6.07) is 64.8. The van der Waals surface area contributed by atoms with Crippen LogP contribution in [-0.4, -0.2) is 4.98 Å². The Morgan fingerprint density at radius 1 is 0.423 bits per heavy atom. The van der Waals surface area contributed by atoms with Crippen molar-refractivity contribution in [3.05, 3.63) is 194 Å². The van der Waals surface area contributed by atoms with Gasteiger partial charge in [-0.05, 0) is 75.0 Å². The van der Waals surface area contributed by atoms with E-state index < -0.39 is 0 Å². The molecule has 52 heavy (non-hydrogen) atoms. The van der Waals surface area contributed by atoms with Crippen LogP contribution in [0.15, 0.2) is 199 Å². The lowest BCUT2D eigenvalue weighted by atomic mass is 9.92. The van der Waals surface area contributed by atoms with Crippen molar-refractivity contribution in [3.63, 3.8) is 0 Å². The molecule has 0 atom stereocenters. The summed E-state index contributed by atoms with van der Waals surface area (Å²) < 4.78 is 6.68. The van der Waals surface area contributed by atoms with Gasteiger partial charge < -0.3 is 9.32 Å². The van der Waals surface area contributed by atoms with Crippen LogP contribution in [0, 0.1) is 0 Å². The Bertz CT molecular complexity index is 2910. The van der Waals surface area contributed by atoms with Crippen molar-refractivity contribution in [1.29, 1.82) is 0 Å². The van der Waals surface area contributed by atoms with E-state index in [4.69, 9.17) is 4.42 Å². The topological polar surface area (TPSA) is 29.3 Å². The van der Waals surface area contributed by atoms with E-state index in [0.717, 1.165) is 66.5 Å². The summed E-state index contributed by atoms with van der Waals surface area (Å²) in [5, 5.41) is 6.66. The molecule has 0 spiro atoms. The van der Waals surface area contributed by atoms with Crippen LogP contribution < -0.4 is 4.90 Å². The second-order valence-corrected chi connectivity index (χ2v) is 13.1. The number of pyridine rings is 1. The normalized spacial score (nSPS) is 11.5. The van der Waals surface area contributed by atoms with Crippen molar-refractivity contribution in [3.8, 4) is 33.4 Å². The van der Waals surface area contributed by atoms with Gasteiger partial charge in [0.15, 0.2) is 0 Å². The molecular weight excluding hydrogens is 633 g/mol. The standard InChI is InChI=1S/C49H32N2O/c1-3-14-33(15-4-1)38-26-27-39(43-22-8-7-21-42(38)43)35-18-13-19-37(30-35)51(45-24-11-9-20-40(45)34-16-5-2-6-17-34)46-31-36-32-50-29-28-41(36)49-48(46)44-23-10-12-25-47(44)52-49/h1-32H.